The lowest BCUT2D eigenvalue weighted by Gasteiger charge is -2.13. The van der Waals surface area contributed by atoms with Crippen molar-refractivity contribution in [3.05, 3.63) is 82.6 Å². The molecule has 0 N–H and O–H groups in total. The summed E-state index contributed by atoms with van der Waals surface area (Å²) in [5.74, 6) is 0. The van der Waals surface area contributed by atoms with Crippen LogP contribution >= 0.6 is 11.3 Å². The highest BCUT2D eigenvalue weighted by molar-refractivity contribution is 7.13. The summed E-state index contributed by atoms with van der Waals surface area (Å²) in [6.07, 6.45) is 3.87. The van der Waals surface area contributed by atoms with Gasteiger partial charge in [0.05, 0.1) is 0 Å². The molecule has 0 amide bonds. The maximum absolute atomic E-state index is 3.98. The normalized spacial score (nSPS) is 10.5. The first kappa shape index (κ1) is 15.5. The first-order valence-electron chi connectivity index (χ1n) is 7.71. The minimum atomic E-state index is 1.17. The molecule has 1 aromatic heterocycles. The largest absolute Gasteiger partial charge is 0.145 e. The van der Waals surface area contributed by atoms with E-state index in [4.69, 9.17) is 0 Å². The first-order valence-corrected chi connectivity index (χ1v) is 8.52. The molecule has 0 spiro atoms. The SMILES string of the molecule is C=Cc1ccccc1-c1c(C)sc(C)c1-c1ccccc1C=C. The second kappa shape index (κ2) is 6.39. The van der Waals surface area contributed by atoms with Crippen LogP contribution in [0, 0.1) is 13.8 Å². The molecule has 3 rings (SSSR count). The zero-order valence-electron chi connectivity index (χ0n) is 13.6. The van der Waals surface area contributed by atoms with E-state index in [1.54, 1.807) is 0 Å². The van der Waals surface area contributed by atoms with Gasteiger partial charge >= 0.3 is 0 Å². The summed E-state index contributed by atoms with van der Waals surface area (Å²) in [6, 6.07) is 16.9. The fourth-order valence-corrected chi connectivity index (χ4v) is 4.23. The quantitative estimate of drug-likeness (QED) is 0.487. The van der Waals surface area contributed by atoms with Crippen molar-refractivity contribution in [1.82, 2.24) is 0 Å². The van der Waals surface area contributed by atoms with Gasteiger partial charge in [-0.15, -0.1) is 11.3 Å². The van der Waals surface area contributed by atoms with Crippen molar-refractivity contribution in [2.45, 2.75) is 13.8 Å². The summed E-state index contributed by atoms with van der Waals surface area (Å²) >= 11 is 1.86. The van der Waals surface area contributed by atoms with Gasteiger partial charge in [-0.2, -0.15) is 0 Å². The number of rotatable bonds is 4. The molecule has 0 aliphatic rings. The monoisotopic (exact) mass is 316 g/mol. The lowest BCUT2D eigenvalue weighted by molar-refractivity contribution is 1.52. The summed E-state index contributed by atoms with van der Waals surface area (Å²) in [6.45, 7) is 12.4. The highest BCUT2D eigenvalue weighted by Crippen LogP contribution is 2.44. The molecule has 0 radical (unpaired) electrons. The second-order valence-electron chi connectivity index (χ2n) is 5.55. The molecule has 0 unspecified atom stereocenters. The second-order valence-corrected chi connectivity index (χ2v) is 6.98. The van der Waals surface area contributed by atoms with Crippen LogP contribution in [0.2, 0.25) is 0 Å². The fraction of sp³-hybridized carbons (Fsp3) is 0.0909. The molecule has 0 aliphatic carbocycles. The van der Waals surface area contributed by atoms with Gasteiger partial charge in [-0.25, -0.2) is 0 Å². The molecule has 1 heteroatoms. The van der Waals surface area contributed by atoms with E-state index >= 15 is 0 Å². The maximum Gasteiger partial charge on any atom is 0.0102 e. The van der Waals surface area contributed by atoms with Gasteiger partial charge in [0.15, 0.2) is 0 Å². The molecule has 0 saturated carbocycles. The van der Waals surface area contributed by atoms with Crippen LogP contribution in [0.25, 0.3) is 34.4 Å². The van der Waals surface area contributed by atoms with Gasteiger partial charge in [0.1, 0.15) is 0 Å². The van der Waals surface area contributed by atoms with Crippen LogP contribution in [0.4, 0.5) is 0 Å². The average molecular weight is 316 g/mol. The van der Waals surface area contributed by atoms with E-state index in [1.165, 1.54) is 43.1 Å². The van der Waals surface area contributed by atoms with Gasteiger partial charge in [-0.05, 0) is 36.1 Å². The van der Waals surface area contributed by atoms with Crippen molar-refractivity contribution in [3.8, 4) is 22.3 Å². The Morgan fingerprint density at radius 1 is 0.696 bits per heavy atom. The van der Waals surface area contributed by atoms with Crippen molar-refractivity contribution in [2.24, 2.45) is 0 Å². The molecular formula is C22H20S. The summed E-state index contributed by atoms with van der Waals surface area (Å²) in [5, 5.41) is 0. The molecule has 3 aromatic rings. The number of hydrogen-bond donors (Lipinski definition) is 0. The van der Waals surface area contributed by atoms with Crippen molar-refractivity contribution in [2.75, 3.05) is 0 Å². The maximum atomic E-state index is 3.98. The molecule has 0 saturated heterocycles. The predicted molar refractivity (Wildman–Crippen MR) is 105 cm³/mol. The number of thiophene rings is 1. The standard InChI is InChI=1S/C22H20S/c1-5-17-11-7-9-13-19(17)21-15(3)23-16(4)22(21)20-14-10-8-12-18(20)6-2/h5-14H,1-2H2,3-4H3. The van der Waals surface area contributed by atoms with E-state index in [1.807, 2.05) is 23.5 Å². The highest BCUT2D eigenvalue weighted by Gasteiger charge is 2.19. The molecule has 23 heavy (non-hydrogen) atoms. The van der Waals surface area contributed by atoms with E-state index in [2.05, 4.69) is 75.5 Å². The Hall–Kier alpha value is -2.38. The van der Waals surface area contributed by atoms with Crippen LogP contribution in [0.15, 0.2) is 61.7 Å². The number of hydrogen-bond acceptors (Lipinski definition) is 1. The Morgan fingerprint density at radius 2 is 1.09 bits per heavy atom. The predicted octanol–water partition coefficient (Wildman–Crippen LogP) is 6.98. The summed E-state index contributed by atoms with van der Waals surface area (Å²) in [5.41, 5.74) is 7.47. The lowest BCUT2D eigenvalue weighted by Crippen LogP contribution is -1.89. The van der Waals surface area contributed by atoms with Gasteiger partial charge in [-0.3, -0.25) is 0 Å². The van der Waals surface area contributed by atoms with Gasteiger partial charge in [0.25, 0.3) is 0 Å². The molecule has 114 valence electrons. The van der Waals surface area contributed by atoms with Crippen molar-refractivity contribution in [3.63, 3.8) is 0 Å². The summed E-state index contributed by atoms with van der Waals surface area (Å²) in [7, 11) is 0. The third kappa shape index (κ3) is 2.69. The molecular weight excluding hydrogens is 296 g/mol. The van der Waals surface area contributed by atoms with Crippen LogP contribution in [0.3, 0.4) is 0 Å². The molecule has 1 heterocycles. The third-order valence-corrected chi connectivity index (χ3v) is 5.18. The highest BCUT2D eigenvalue weighted by atomic mass is 32.1. The number of aryl methyl sites for hydroxylation is 2. The zero-order chi connectivity index (χ0) is 16.4. The minimum absolute atomic E-state index is 1.17. The fourth-order valence-electron chi connectivity index (χ4n) is 3.14. The third-order valence-electron chi connectivity index (χ3n) is 4.16. The Kier molecular flexibility index (Phi) is 4.31. The van der Waals surface area contributed by atoms with Gasteiger partial charge in [0, 0.05) is 20.9 Å². The first-order chi connectivity index (χ1) is 11.2. The molecule has 0 fully saturated rings. The van der Waals surface area contributed by atoms with Crippen LogP contribution in [-0.2, 0) is 0 Å². The lowest BCUT2D eigenvalue weighted by atomic mass is 9.90. The Morgan fingerprint density at radius 3 is 1.48 bits per heavy atom. The van der Waals surface area contributed by atoms with E-state index in [0.717, 1.165) is 0 Å². The Labute approximate surface area is 142 Å². The van der Waals surface area contributed by atoms with E-state index < -0.39 is 0 Å². The van der Waals surface area contributed by atoms with Crippen LogP contribution in [0.5, 0.6) is 0 Å². The zero-order valence-corrected chi connectivity index (χ0v) is 14.4. The molecule has 0 bridgehead atoms. The average Bonchev–Trinajstić information content (AvgIpc) is 2.88. The van der Waals surface area contributed by atoms with E-state index in [9.17, 15) is 0 Å². The Balaban J connectivity index is 2.36. The van der Waals surface area contributed by atoms with Crippen molar-refractivity contribution in [1.29, 1.82) is 0 Å². The summed E-state index contributed by atoms with van der Waals surface area (Å²) in [4.78, 5) is 2.68. The Bertz CT molecular complexity index is 809. The van der Waals surface area contributed by atoms with Crippen LogP contribution in [0.1, 0.15) is 20.9 Å². The molecule has 0 atom stereocenters. The molecule has 0 nitrogen and oxygen atoms in total. The van der Waals surface area contributed by atoms with Crippen molar-refractivity contribution < 1.29 is 0 Å². The molecule has 2 aromatic carbocycles. The summed E-state index contributed by atoms with van der Waals surface area (Å²) < 4.78 is 0. The van der Waals surface area contributed by atoms with Gasteiger partial charge in [0.2, 0.25) is 0 Å². The molecule has 0 aliphatic heterocycles. The minimum Gasteiger partial charge on any atom is -0.145 e. The number of benzene rings is 2. The van der Waals surface area contributed by atoms with Crippen LogP contribution in [-0.4, -0.2) is 0 Å². The van der Waals surface area contributed by atoms with Crippen molar-refractivity contribution >= 4 is 23.5 Å². The van der Waals surface area contributed by atoms with E-state index in [-0.39, 0.29) is 0 Å². The smallest absolute Gasteiger partial charge is 0.0102 e. The van der Waals surface area contributed by atoms with Gasteiger partial charge in [-0.1, -0.05) is 73.8 Å². The van der Waals surface area contributed by atoms with Crippen LogP contribution < -0.4 is 0 Å². The van der Waals surface area contributed by atoms with Gasteiger partial charge < -0.3 is 0 Å². The van der Waals surface area contributed by atoms with E-state index in [0.29, 0.717) is 0 Å². The topological polar surface area (TPSA) is 0 Å².